The van der Waals surface area contributed by atoms with Gasteiger partial charge in [0.15, 0.2) is 0 Å². The summed E-state index contributed by atoms with van der Waals surface area (Å²) in [6.07, 6.45) is 0.233. The average Bonchev–Trinajstić information content (AvgIpc) is 2.55. The van der Waals surface area contributed by atoms with E-state index in [0.717, 1.165) is 11.1 Å². The highest BCUT2D eigenvalue weighted by atomic mass is 16.3. The van der Waals surface area contributed by atoms with E-state index in [9.17, 15) is 9.90 Å². The summed E-state index contributed by atoms with van der Waals surface area (Å²) in [5.41, 5.74) is 2.86. The Bertz CT molecular complexity index is 582. The van der Waals surface area contributed by atoms with Gasteiger partial charge in [-0.3, -0.25) is 4.79 Å². The van der Waals surface area contributed by atoms with Gasteiger partial charge in [0.25, 0.3) is 5.91 Å². The van der Waals surface area contributed by atoms with Crippen LogP contribution in [-0.4, -0.2) is 30.7 Å². The zero-order valence-electron chi connectivity index (χ0n) is 12.8. The van der Waals surface area contributed by atoms with E-state index < -0.39 is 6.10 Å². The lowest BCUT2D eigenvalue weighted by Gasteiger charge is -2.12. The molecule has 0 heterocycles. The highest BCUT2D eigenvalue weighted by Gasteiger charge is 2.06. The fourth-order valence-electron chi connectivity index (χ4n) is 2.26. The molecule has 1 atom stereocenters. The Morgan fingerprint density at radius 1 is 1.05 bits per heavy atom. The Labute approximate surface area is 131 Å². The molecule has 4 nitrogen and oxygen atoms in total. The summed E-state index contributed by atoms with van der Waals surface area (Å²) in [7, 11) is 1.62. The van der Waals surface area contributed by atoms with Gasteiger partial charge in [0.2, 0.25) is 0 Å². The first-order valence-electron chi connectivity index (χ1n) is 7.43. The number of hydrogen-bond donors (Lipinski definition) is 3. The topological polar surface area (TPSA) is 61.4 Å². The summed E-state index contributed by atoms with van der Waals surface area (Å²) >= 11 is 0. The van der Waals surface area contributed by atoms with E-state index in [1.807, 2.05) is 42.5 Å². The molecule has 3 N–H and O–H groups in total. The van der Waals surface area contributed by atoms with Crippen molar-refractivity contribution >= 4 is 5.91 Å². The smallest absolute Gasteiger partial charge is 0.251 e. The number of carbonyl (C=O) groups excluding carboxylic acids is 1. The molecule has 2 aromatic carbocycles. The first-order chi connectivity index (χ1) is 10.7. The quantitative estimate of drug-likeness (QED) is 0.729. The van der Waals surface area contributed by atoms with Gasteiger partial charge in [0.1, 0.15) is 0 Å². The molecular formula is C18H22N2O2. The third-order valence-corrected chi connectivity index (χ3v) is 3.47. The van der Waals surface area contributed by atoms with Gasteiger partial charge in [-0.2, -0.15) is 0 Å². The van der Waals surface area contributed by atoms with Crippen molar-refractivity contribution < 1.29 is 9.90 Å². The Hall–Kier alpha value is -2.17. The normalized spacial score (nSPS) is 11.9. The number of hydrogen-bond acceptors (Lipinski definition) is 3. The summed E-state index contributed by atoms with van der Waals surface area (Å²) in [6, 6.07) is 17.4. The SMILES string of the molecule is CNC(=O)c1ccc(CNCC(O)Cc2ccccc2)cc1. The minimum absolute atomic E-state index is 0.0854. The fraction of sp³-hybridized carbons (Fsp3) is 0.278. The van der Waals surface area contributed by atoms with Crippen LogP contribution in [0.5, 0.6) is 0 Å². The van der Waals surface area contributed by atoms with Crippen LogP contribution in [0.4, 0.5) is 0 Å². The molecule has 1 unspecified atom stereocenters. The molecule has 0 aliphatic rings. The summed E-state index contributed by atoms with van der Waals surface area (Å²) in [5.74, 6) is -0.0854. The predicted molar refractivity (Wildman–Crippen MR) is 87.7 cm³/mol. The molecule has 0 aromatic heterocycles. The van der Waals surface area contributed by atoms with Crippen LogP contribution in [0.2, 0.25) is 0 Å². The summed E-state index contributed by atoms with van der Waals surface area (Å²) in [5, 5.41) is 15.8. The van der Waals surface area contributed by atoms with Crippen LogP contribution in [-0.2, 0) is 13.0 Å². The van der Waals surface area contributed by atoms with E-state index in [1.165, 1.54) is 0 Å². The van der Waals surface area contributed by atoms with Crippen LogP contribution in [0.1, 0.15) is 21.5 Å². The molecule has 4 heteroatoms. The third kappa shape index (κ3) is 4.98. The van der Waals surface area contributed by atoms with Gasteiger partial charge in [-0.1, -0.05) is 42.5 Å². The third-order valence-electron chi connectivity index (χ3n) is 3.47. The Balaban J connectivity index is 1.75. The number of amides is 1. The molecule has 1 amide bonds. The van der Waals surface area contributed by atoms with Gasteiger partial charge in [-0.25, -0.2) is 0 Å². The molecule has 0 fully saturated rings. The van der Waals surface area contributed by atoms with Crippen LogP contribution in [0.25, 0.3) is 0 Å². The Kier molecular flexibility index (Phi) is 6.13. The van der Waals surface area contributed by atoms with Gasteiger partial charge in [-0.15, -0.1) is 0 Å². The van der Waals surface area contributed by atoms with Gasteiger partial charge in [0, 0.05) is 25.7 Å². The Morgan fingerprint density at radius 2 is 1.73 bits per heavy atom. The van der Waals surface area contributed by atoms with Crippen LogP contribution >= 0.6 is 0 Å². The molecule has 116 valence electrons. The highest BCUT2D eigenvalue weighted by Crippen LogP contribution is 2.05. The zero-order chi connectivity index (χ0) is 15.8. The van der Waals surface area contributed by atoms with Crippen molar-refractivity contribution in [3.05, 3.63) is 71.3 Å². The second kappa shape index (κ2) is 8.32. The van der Waals surface area contributed by atoms with E-state index in [1.54, 1.807) is 19.2 Å². The number of nitrogens with one attached hydrogen (secondary N) is 2. The molecule has 0 bridgehead atoms. The maximum atomic E-state index is 11.4. The first kappa shape index (κ1) is 16.2. The van der Waals surface area contributed by atoms with E-state index in [0.29, 0.717) is 25.1 Å². The monoisotopic (exact) mass is 298 g/mol. The number of rotatable bonds is 7. The second-order valence-corrected chi connectivity index (χ2v) is 5.25. The van der Waals surface area contributed by atoms with Gasteiger partial charge < -0.3 is 15.7 Å². The molecular weight excluding hydrogens is 276 g/mol. The highest BCUT2D eigenvalue weighted by molar-refractivity contribution is 5.93. The average molecular weight is 298 g/mol. The first-order valence-corrected chi connectivity index (χ1v) is 7.43. The maximum Gasteiger partial charge on any atom is 0.251 e. The van der Waals surface area contributed by atoms with Gasteiger partial charge >= 0.3 is 0 Å². The standard InChI is InChI=1S/C18H22N2O2/c1-19-18(22)16-9-7-15(8-10-16)12-20-13-17(21)11-14-5-3-2-4-6-14/h2-10,17,20-21H,11-13H2,1H3,(H,19,22). The molecule has 0 aliphatic heterocycles. The molecule has 0 spiro atoms. The van der Waals surface area contributed by atoms with Crippen molar-refractivity contribution in [1.29, 1.82) is 0 Å². The van der Waals surface area contributed by atoms with Gasteiger partial charge in [0.05, 0.1) is 6.10 Å². The van der Waals surface area contributed by atoms with Crippen molar-refractivity contribution in [2.24, 2.45) is 0 Å². The maximum absolute atomic E-state index is 11.4. The van der Waals surface area contributed by atoms with Crippen LogP contribution in [0.15, 0.2) is 54.6 Å². The summed E-state index contributed by atoms with van der Waals surface area (Å²) in [4.78, 5) is 11.4. The number of carbonyl (C=O) groups is 1. The lowest BCUT2D eigenvalue weighted by Crippen LogP contribution is -2.28. The second-order valence-electron chi connectivity index (χ2n) is 5.25. The van der Waals surface area contributed by atoms with E-state index in [2.05, 4.69) is 10.6 Å². The molecule has 0 aliphatic carbocycles. The summed E-state index contributed by atoms with van der Waals surface area (Å²) < 4.78 is 0. The van der Waals surface area contributed by atoms with Crippen molar-refractivity contribution in [2.45, 2.75) is 19.1 Å². The fourth-order valence-corrected chi connectivity index (χ4v) is 2.26. The van der Waals surface area contributed by atoms with Crippen molar-refractivity contribution in [3.63, 3.8) is 0 Å². The lowest BCUT2D eigenvalue weighted by atomic mass is 10.1. The van der Waals surface area contributed by atoms with Crippen LogP contribution < -0.4 is 10.6 Å². The minimum Gasteiger partial charge on any atom is -0.391 e. The predicted octanol–water partition coefficient (Wildman–Crippen LogP) is 1.74. The summed E-state index contributed by atoms with van der Waals surface area (Å²) in [6.45, 7) is 1.20. The molecule has 0 saturated carbocycles. The minimum atomic E-state index is -0.410. The molecule has 2 aromatic rings. The van der Waals surface area contributed by atoms with Crippen molar-refractivity contribution in [1.82, 2.24) is 10.6 Å². The zero-order valence-corrected chi connectivity index (χ0v) is 12.8. The van der Waals surface area contributed by atoms with Crippen molar-refractivity contribution in [2.75, 3.05) is 13.6 Å². The molecule has 0 saturated heterocycles. The van der Waals surface area contributed by atoms with Gasteiger partial charge in [-0.05, 0) is 29.7 Å². The number of aliphatic hydroxyl groups excluding tert-OH is 1. The largest absolute Gasteiger partial charge is 0.391 e. The Morgan fingerprint density at radius 3 is 2.36 bits per heavy atom. The van der Waals surface area contributed by atoms with Crippen LogP contribution in [0, 0.1) is 0 Å². The molecule has 2 rings (SSSR count). The number of aliphatic hydroxyl groups is 1. The number of benzene rings is 2. The lowest BCUT2D eigenvalue weighted by molar-refractivity contribution is 0.0963. The molecule has 0 radical (unpaired) electrons. The van der Waals surface area contributed by atoms with E-state index in [4.69, 9.17) is 0 Å². The van der Waals surface area contributed by atoms with E-state index >= 15 is 0 Å². The molecule has 22 heavy (non-hydrogen) atoms. The van der Waals surface area contributed by atoms with Crippen molar-refractivity contribution in [3.8, 4) is 0 Å². The van der Waals surface area contributed by atoms with Crippen LogP contribution in [0.3, 0.4) is 0 Å². The van der Waals surface area contributed by atoms with E-state index in [-0.39, 0.29) is 5.91 Å².